The lowest BCUT2D eigenvalue weighted by Gasteiger charge is -2.18. The zero-order chi connectivity index (χ0) is 14.7. The maximum Gasteiger partial charge on any atom is 0.352 e. The molecule has 2 aromatic rings. The van der Waals surface area contributed by atoms with E-state index in [2.05, 4.69) is 10.3 Å². The average Bonchev–Trinajstić information content (AvgIpc) is 2.87. The van der Waals surface area contributed by atoms with Crippen LogP contribution >= 0.6 is 0 Å². The molecule has 1 aromatic carbocycles. The minimum absolute atomic E-state index is 0.0994. The number of fused-ring (bicyclic) bond motifs is 1. The quantitative estimate of drug-likeness (QED) is 0.539. The molecule has 0 aliphatic rings. The highest BCUT2D eigenvalue weighted by molar-refractivity contribution is 5.93. The van der Waals surface area contributed by atoms with Crippen LogP contribution in [0, 0.1) is 0 Å². The maximum absolute atomic E-state index is 10.9. The van der Waals surface area contributed by atoms with E-state index in [1.54, 1.807) is 25.2 Å². The number of aromatic carboxylic acids is 1. The van der Waals surface area contributed by atoms with Gasteiger partial charge in [-0.05, 0) is 43.8 Å². The Kier molecular flexibility index (Phi) is 4.39. The molecule has 0 aliphatic heterocycles. The van der Waals surface area contributed by atoms with Gasteiger partial charge in [0.1, 0.15) is 11.8 Å². The molecule has 0 saturated heterocycles. The Bertz CT molecular complexity index is 608. The highest BCUT2D eigenvalue weighted by Crippen LogP contribution is 2.24. The van der Waals surface area contributed by atoms with Gasteiger partial charge in [-0.15, -0.1) is 0 Å². The number of aromatic nitrogens is 1. The lowest BCUT2D eigenvalue weighted by molar-refractivity contribution is 0.0141. The third-order valence-corrected chi connectivity index (χ3v) is 3.27. The lowest BCUT2D eigenvalue weighted by Crippen LogP contribution is -2.23. The second-order valence-corrected chi connectivity index (χ2v) is 4.74. The first-order chi connectivity index (χ1) is 9.52. The van der Waals surface area contributed by atoms with Gasteiger partial charge in [0.05, 0.1) is 6.10 Å². The van der Waals surface area contributed by atoms with Gasteiger partial charge in [0.2, 0.25) is 0 Å². The van der Waals surface area contributed by atoms with E-state index in [0.29, 0.717) is 29.4 Å². The number of aromatic amines is 1. The number of aliphatic hydroxyl groups is 2. The number of hydrogen-bond acceptors (Lipinski definition) is 4. The number of aliphatic hydroxyl groups excluding tert-OH is 2. The van der Waals surface area contributed by atoms with Gasteiger partial charge in [-0.3, -0.25) is 0 Å². The minimum Gasteiger partial charge on any atom is -0.477 e. The molecule has 0 fully saturated rings. The summed E-state index contributed by atoms with van der Waals surface area (Å²) in [4.78, 5) is 13.7. The first-order valence-electron chi connectivity index (χ1n) is 6.39. The number of carbonyl (C=O) groups is 1. The minimum atomic E-state index is -1.03. The van der Waals surface area contributed by atoms with Crippen molar-refractivity contribution in [1.82, 2.24) is 10.3 Å². The van der Waals surface area contributed by atoms with Crippen molar-refractivity contribution in [3.8, 4) is 0 Å². The summed E-state index contributed by atoms with van der Waals surface area (Å²) >= 11 is 0. The van der Waals surface area contributed by atoms with Crippen molar-refractivity contribution in [2.75, 3.05) is 13.6 Å². The number of H-pyrrole nitrogens is 1. The van der Waals surface area contributed by atoms with Crippen LogP contribution in [0.15, 0.2) is 24.3 Å². The molecule has 2 rings (SSSR count). The number of carboxylic acids is 1. The molecule has 6 heteroatoms. The summed E-state index contributed by atoms with van der Waals surface area (Å²) in [6.45, 7) is 0.605. The Morgan fingerprint density at radius 2 is 2.10 bits per heavy atom. The van der Waals surface area contributed by atoms with E-state index in [9.17, 15) is 15.0 Å². The summed E-state index contributed by atoms with van der Waals surface area (Å²) in [6, 6.07) is 6.57. The molecular weight excluding hydrogens is 260 g/mol. The molecule has 0 radical (unpaired) electrons. The lowest BCUT2D eigenvalue weighted by atomic mass is 10.0. The topological polar surface area (TPSA) is 106 Å². The normalized spacial score (nSPS) is 14.3. The second kappa shape index (κ2) is 6.04. The van der Waals surface area contributed by atoms with Crippen molar-refractivity contribution in [1.29, 1.82) is 0 Å². The second-order valence-electron chi connectivity index (χ2n) is 4.74. The van der Waals surface area contributed by atoms with Crippen molar-refractivity contribution in [2.45, 2.75) is 18.6 Å². The monoisotopic (exact) mass is 278 g/mol. The zero-order valence-electron chi connectivity index (χ0n) is 11.1. The van der Waals surface area contributed by atoms with Gasteiger partial charge < -0.3 is 25.6 Å². The molecule has 1 heterocycles. The Balaban J connectivity index is 2.24. The van der Waals surface area contributed by atoms with Gasteiger partial charge in [0.15, 0.2) is 0 Å². The van der Waals surface area contributed by atoms with Crippen molar-refractivity contribution >= 4 is 16.9 Å². The third kappa shape index (κ3) is 2.98. The van der Waals surface area contributed by atoms with Gasteiger partial charge >= 0.3 is 5.97 Å². The fourth-order valence-electron chi connectivity index (χ4n) is 2.12. The van der Waals surface area contributed by atoms with Crippen LogP contribution in [-0.2, 0) is 0 Å². The average molecular weight is 278 g/mol. The Hall–Kier alpha value is -1.89. The van der Waals surface area contributed by atoms with Crippen LogP contribution < -0.4 is 5.32 Å². The molecule has 0 spiro atoms. The standard InChI is InChI=1S/C14H18N2O4/c1-15-5-4-12(17)13(18)8-2-3-10-9(6-8)7-11(16-10)14(19)20/h2-3,6-7,12-13,15-18H,4-5H2,1H3,(H,19,20). The fraction of sp³-hybridized carbons (Fsp3) is 0.357. The van der Waals surface area contributed by atoms with Crippen LogP contribution in [-0.4, -0.2) is 46.0 Å². The maximum atomic E-state index is 10.9. The molecule has 6 nitrogen and oxygen atoms in total. The summed E-state index contributed by atoms with van der Waals surface area (Å²) in [5, 5.41) is 32.5. The van der Waals surface area contributed by atoms with Gasteiger partial charge in [0.25, 0.3) is 0 Å². The zero-order valence-corrected chi connectivity index (χ0v) is 11.1. The number of benzene rings is 1. The van der Waals surface area contributed by atoms with Crippen LogP contribution in [0.5, 0.6) is 0 Å². The van der Waals surface area contributed by atoms with E-state index in [0.717, 1.165) is 0 Å². The molecule has 2 atom stereocenters. The first-order valence-corrected chi connectivity index (χ1v) is 6.39. The van der Waals surface area contributed by atoms with Gasteiger partial charge in [-0.25, -0.2) is 4.79 Å². The van der Waals surface area contributed by atoms with E-state index < -0.39 is 18.2 Å². The number of carboxylic acid groups (broad SMARTS) is 1. The number of hydrogen-bond donors (Lipinski definition) is 5. The predicted molar refractivity (Wildman–Crippen MR) is 74.8 cm³/mol. The number of nitrogens with one attached hydrogen (secondary N) is 2. The van der Waals surface area contributed by atoms with Crippen molar-refractivity contribution in [3.63, 3.8) is 0 Å². The summed E-state index contributed by atoms with van der Waals surface area (Å²) in [5.74, 6) is -1.03. The number of rotatable bonds is 6. The predicted octanol–water partition coefficient (Wildman–Crippen LogP) is 0.870. The Morgan fingerprint density at radius 3 is 2.75 bits per heavy atom. The van der Waals surface area contributed by atoms with Crippen LogP contribution in [0.2, 0.25) is 0 Å². The molecule has 0 saturated carbocycles. The Labute approximate surface area is 116 Å². The molecule has 5 N–H and O–H groups in total. The van der Waals surface area contributed by atoms with Crippen molar-refractivity contribution < 1.29 is 20.1 Å². The van der Waals surface area contributed by atoms with Crippen LogP contribution in [0.4, 0.5) is 0 Å². The first kappa shape index (κ1) is 14.5. The fourth-order valence-corrected chi connectivity index (χ4v) is 2.12. The van der Waals surface area contributed by atoms with Crippen LogP contribution in [0.3, 0.4) is 0 Å². The third-order valence-electron chi connectivity index (χ3n) is 3.27. The molecule has 0 aliphatic carbocycles. The molecule has 108 valence electrons. The van der Waals surface area contributed by atoms with Crippen LogP contribution in [0.1, 0.15) is 28.6 Å². The SMILES string of the molecule is CNCCC(O)C(O)c1ccc2[nH]c(C(=O)O)cc2c1. The summed E-state index contributed by atoms with van der Waals surface area (Å²) < 4.78 is 0. The smallest absolute Gasteiger partial charge is 0.352 e. The molecule has 0 bridgehead atoms. The van der Waals surface area contributed by atoms with E-state index in [1.807, 2.05) is 0 Å². The molecule has 0 amide bonds. The van der Waals surface area contributed by atoms with Gasteiger partial charge in [-0.2, -0.15) is 0 Å². The van der Waals surface area contributed by atoms with E-state index in [4.69, 9.17) is 5.11 Å². The van der Waals surface area contributed by atoms with E-state index in [1.165, 1.54) is 6.07 Å². The molecular formula is C14H18N2O4. The highest BCUT2D eigenvalue weighted by atomic mass is 16.4. The molecule has 20 heavy (non-hydrogen) atoms. The summed E-state index contributed by atoms with van der Waals surface area (Å²) in [6.07, 6.45) is -1.42. The summed E-state index contributed by atoms with van der Waals surface area (Å²) in [7, 11) is 1.78. The van der Waals surface area contributed by atoms with Gasteiger partial charge in [0, 0.05) is 10.9 Å². The van der Waals surface area contributed by atoms with Crippen LogP contribution in [0.25, 0.3) is 10.9 Å². The Morgan fingerprint density at radius 1 is 1.35 bits per heavy atom. The van der Waals surface area contributed by atoms with E-state index in [-0.39, 0.29) is 5.69 Å². The highest BCUT2D eigenvalue weighted by Gasteiger charge is 2.18. The molecule has 1 aromatic heterocycles. The van der Waals surface area contributed by atoms with Gasteiger partial charge in [-0.1, -0.05) is 6.07 Å². The van der Waals surface area contributed by atoms with Crippen molar-refractivity contribution in [2.24, 2.45) is 0 Å². The molecule has 2 unspecified atom stereocenters. The van der Waals surface area contributed by atoms with E-state index >= 15 is 0 Å². The summed E-state index contributed by atoms with van der Waals surface area (Å²) in [5.41, 5.74) is 1.35. The largest absolute Gasteiger partial charge is 0.477 e. The van der Waals surface area contributed by atoms with Crippen molar-refractivity contribution in [3.05, 3.63) is 35.5 Å².